The number of likely N-dealkylation sites (tertiary alicyclic amines) is 1. The fraction of sp³-hybridized carbons (Fsp3) is 0.545. The van der Waals surface area contributed by atoms with Crippen LogP contribution in [0.25, 0.3) is 5.69 Å². The van der Waals surface area contributed by atoms with Crippen LogP contribution in [0.2, 0.25) is 0 Å². The number of para-hydroxylation sites is 1. The molecule has 1 aromatic carbocycles. The molecule has 0 radical (unpaired) electrons. The van der Waals surface area contributed by atoms with Gasteiger partial charge in [-0.15, -0.1) is 10.2 Å². The maximum Gasteiger partial charge on any atom is 0.418 e. The molecule has 7 nitrogen and oxygen atoms in total. The summed E-state index contributed by atoms with van der Waals surface area (Å²) in [4.78, 5) is 6.70. The first-order valence-electron chi connectivity index (χ1n) is 11.2. The molecular formula is C22H25F3N6OS. The van der Waals surface area contributed by atoms with Crippen molar-refractivity contribution in [3.05, 3.63) is 47.4 Å². The minimum Gasteiger partial charge on any atom is -0.338 e. The molecule has 3 aromatic rings. The summed E-state index contributed by atoms with van der Waals surface area (Å²) in [7, 11) is 0. The Morgan fingerprint density at radius 2 is 1.88 bits per heavy atom. The van der Waals surface area contributed by atoms with Crippen molar-refractivity contribution < 1.29 is 17.7 Å². The highest BCUT2D eigenvalue weighted by molar-refractivity contribution is 7.99. The van der Waals surface area contributed by atoms with Crippen LogP contribution in [0.3, 0.4) is 0 Å². The summed E-state index contributed by atoms with van der Waals surface area (Å²) in [5.41, 5.74) is -0.686. The number of rotatable bonds is 7. The summed E-state index contributed by atoms with van der Waals surface area (Å²) in [6.45, 7) is 4.13. The standard InChI is InChI=1S/C22H25F3N6OS/c1-14(20-26-19(29-32-20)15-9-10-15)33-21-28-27-18(13-30-11-5-2-6-12-30)31(21)17-8-4-3-7-16(17)22(23,24)25/h3-4,7-8,14-15H,2,5-6,9-13H2,1H3. The SMILES string of the molecule is CC(Sc1nnc(CN2CCCCC2)n1-c1ccccc1C(F)(F)F)c1nc(C2CC2)no1. The van der Waals surface area contributed by atoms with Crippen LogP contribution in [0, 0.1) is 0 Å². The lowest BCUT2D eigenvalue weighted by Gasteiger charge is -2.26. The molecule has 0 bridgehead atoms. The van der Waals surface area contributed by atoms with E-state index in [0.717, 1.165) is 44.8 Å². The minimum atomic E-state index is -4.50. The lowest BCUT2D eigenvalue weighted by atomic mass is 10.1. The van der Waals surface area contributed by atoms with Crippen LogP contribution in [0.1, 0.15) is 73.3 Å². The number of aromatic nitrogens is 5. The minimum absolute atomic E-state index is 0.0286. The van der Waals surface area contributed by atoms with Crippen molar-refractivity contribution in [2.45, 2.75) is 68.1 Å². The quantitative estimate of drug-likeness (QED) is 0.422. The largest absolute Gasteiger partial charge is 0.418 e. The van der Waals surface area contributed by atoms with E-state index < -0.39 is 11.7 Å². The maximum atomic E-state index is 13.9. The van der Waals surface area contributed by atoms with Crippen LogP contribution < -0.4 is 0 Å². The van der Waals surface area contributed by atoms with E-state index in [2.05, 4.69) is 25.2 Å². The Hall–Kier alpha value is -2.40. The van der Waals surface area contributed by atoms with E-state index in [1.807, 2.05) is 6.92 Å². The Bertz CT molecular complexity index is 1100. The fourth-order valence-corrected chi connectivity index (χ4v) is 4.99. The van der Waals surface area contributed by atoms with Crippen molar-refractivity contribution in [1.29, 1.82) is 0 Å². The number of nitrogens with zero attached hydrogens (tertiary/aromatic N) is 6. The summed E-state index contributed by atoms with van der Waals surface area (Å²) in [6, 6.07) is 5.57. The zero-order valence-electron chi connectivity index (χ0n) is 18.3. The maximum absolute atomic E-state index is 13.9. The predicted octanol–water partition coefficient (Wildman–Crippen LogP) is 5.39. The molecule has 0 N–H and O–H groups in total. The van der Waals surface area contributed by atoms with E-state index in [1.165, 1.54) is 34.9 Å². The molecule has 2 aliphatic rings. The Balaban J connectivity index is 1.49. The van der Waals surface area contributed by atoms with Gasteiger partial charge in [-0.25, -0.2) is 0 Å². The van der Waals surface area contributed by atoms with E-state index in [-0.39, 0.29) is 10.9 Å². The summed E-state index contributed by atoms with van der Waals surface area (Å²) in [6.07, 6.45) is 0.943. The van der Waals surface area contributed by atoms with Gasteiger partial charge in [0, 0.05) is 5.92 Å². The highest BCUT2D eigenvalue weighted by Crippen LogP contribution is 2.41. The van der Waals surface area contributed by atoms with Gasteiger partial charge in [-0.1, -0.05) is 35.5 Å². The monoisotopic (exact) mass is 478 g/mol. The average molecular weight is 479 g/mol. The number of alkyl halides is 3. The third-order valence-electron chi connectivity index (χ3n) is 5.99. The summed E-state index contributed by atoms with van der Waals surface area (Å²) >= 11 is 1.27. The van der Waals surface area contributed by atoms with Crippen molar-refractivity contribution in [1.82, 2.24) is 29.8 Å². The Morgan fingerprint density at radius 1 is 1.12 bits per heavy atom. The molecule has 5 rings (SSSR count). The lowest BCUT2D eigenvalue weighted by Crippen LogP contribution is -2.30. The second-order valence-electron chi connectivity index (χ2n) is 8.61. The van der Waals surface area contributed by atoms with Crippen molar-refractivity contribution in [2.75, 3.05) is 13.1 Å². The average Bonchev–Trinajstić information content (AvgIpc) is 3.40. The molecule has 1 saturated heterocycles. The molecule has 1 saturated carbocycles. The van der Waals surface area contributed by atoms with Crippen molar-refractivity contribution in [3.63, 3.8) is 0 Å². The van der Waals surface area contributed by atoms with E-state index in [0.29, 0.717) is 35.2 Å². The first-order chi connectivity index (χ1) is 15.9. The molecule has 0 amide bonds. The third-order valence-corrected chi connectivity index (χ3v) is 7.02. The van der Waals surface area contributed by atoms with Gasteiger partial charge in [-0.05, 0) is 57.8 Å². The van der Waals surface area contributed by atoms with Gasteiger partial charge in [-0.3, -0.25) is 9.47 Å². The molecule has 176 valence electrons. The molecule has 0 spiro atoms. The highest BCUT2D eigenvalue weighted by Gasteiger charge is 2.36. The van der Waals surface area contributed by atoms with Crippen LogP contribution >= 0.6 is 11.8 Å². The number of thioether (sulfide) groups is 1. The van der Waals surface area contributed by atoms with E-state index in [1.54, 1.807) is 6.07 Å². The van der Waals surface area contributed by atoms with Crippen LogP contribution in [0.15, 0.2) is 33.9 Å². The highest BCUT2D eigenvalue weighted by atomic mass is 32.2. The molecule has 33 heavy (non-hydrogen) atoms. The van der Waals surface area contributed by atoms with Crippen LogP contribution in [-0.4, -0.2) is 42.9 Å². The molecule has 2 aromatic heterocycles. The fourth-order valence-electron chi connectivity index (χ4n) is 4.08. The van der Waals surface area contributed by atoms with Crippen LogP contribution in [-0.2, 0) is 12.7 Å². The van der Waals surface area contributed by atoms with Gasteiger partial charge in [0.1, 0.15) is 0 Å². The van der Waals surface area contributed by atoms with Gasteiger partial charge < -0.3 is 4.52 Å². The van der Waals surface area contributed by atoms with Gasteiger partial charge in [0.05, 0.1) is 23.0 Å². The number of benzene rings is 1. The number of hydrogen-bond donors (Lipinski definition) is 0. The van der Waals surface area contributed by atoms with Crippen LogP contribution in [0.4, 0.5) is 13.2 Å². The molecule has 11 heteroatoms. The van der Waals surface area contributed by atoms with Gasteiger partial charge in [0.15, 0.2) is 16.8 Å². The summed E-state index contributed by atoms with van der Waals surface area (Å²) in [5.74, 6) is 2.00. The zero-order valence-corrected chi connectivity index (χ0v) is 19.1. The summed E-state index contributed by atoms with van der Waals surface area (Å²) in [5, 5.41) is 12.8. The van der Waals surface area contributed by atoms with E-state index in [9.17, 15) is 13.2 Å². The molecule has 2 fully saturated rings. The van der Waals surface area contributed by atoms with E-state index in [4.69, 9.17) is 4.52 Å². The molecule has 1 unspecified atom stereocenters. The normalized spacial score (nSPS) is 18.5. The number of hydrogen-bond acceptors (Lipinski definition) is 7. The third kappa shape index (κ3) is 4.93. The van der Waals surface area contributed by atoms with Crippen molar-refractivity contribution in [2.24, 2.45) is 0 Å². The van der Waals surface area contributed by atoms with Crippen molar-refractivity contribution >= 4 is 11.8 Å². The Kier molecular flexibility index (Phi) is 6.17. The molecule has 3 heterocycles. The lowest BCUT2D eigenvalue weighted by molar-refractivity contribution is -0.137. The second-order valence-corrected chi connectivity index (χ2v) is 9.92. The van der Waals surface area contributed by atoms with E-state index >= 15 is 0 Å². The smallest absolute Gasteiger partial charge is 0.338 e. The first-order valence-corrected chi connectivity index (χ1v) is 12.1. The van der Waals surface area contributed by atoms with Gasteiger partial charge in [-0.2, -0.15) is 18.2 Å². The van der Waals surface area contributed by atoms with Gasteiger partial charge in [0.2, 0.25) is 5.89 Å². The molecule has 1 atom stereocenters. The first kappa shape index (κ1) is 22.4. The Morgan fingerprint density at radius 3 is 2.61 bits per heavy atom. The zero-order chi connectivity index (χ0) is 23.0. The molecular weight excluding hydrogens is 453 g/mol. The molecule has 1 aliphatic carbocycles. The predicted molar refractivity (Wildman–Crippen MR) is 116 cm³/mol. The van der Waals surface area contributed by atoms with Gasteiger partial charge >= 0.3 is 6.18 Å². The summed E-state index contributed by atoms with van der Waals surface area (Å²) < 4.78 is 48.6. The Labute approximate surface area is 193 Å². The number of halogens is 3. The number of piperidine rings is 1. The van der Waals surface area contributed by atoms with Crippen molar-refractivity contribution in [3.8, 4) is 5.69 Å². The van der Waals surface area contributed by atoms with Crippen LogP contribution in [0.5, 0.6) is 0 Å². The second kappa shape index (κ2) is 9.09. The molecule has 1 aliphatic heterocycles. The van der Waals surface area contributed by atoms with Gasteiger partial charge in [0.25, 0.3) is 0 Å². The topological polar surface area (TPSA) is 72.9 Å².